The number of halogens is 2. The molecule has 5 nitrogen and oxygen atoms in total. The van der Waals surface area contributed by atoms with Gasteiger partial charge in [-0.2, -0.15) is 5.10 Å². The maximum Gasteiger partial charge on any atom is 0.229 e. The highest BCUT2D eigenvalue weighted by Crippen LogP contribution is 2.50. The monoisotopic (exact) mass is 348 g/mol. The minimum atomic E-state index is -0.346. The van der Waals surface area contributed by atoms with Crippen LogP contribution in [0.3, 0.4) is 0 Å². The van der Waals surface area contributed by atoms with Gasteiger partial charge in [0.25, 0.3) is 0 Å². The van der Waals surface area contributed by atoms with Crippen molar-refractivity contribution >= 4 is 23.3 Å². The normalized spacial score (nSPS) is 25.7. The first-order valence-corrected chi connectivity index (χ1v) is 8.52. The van der Waals surface area contributed by atoms with E-state index < -0.39 is 0 Å². The minimum Gasteiger partial charge on any atom is -0.315 e. The highest BCUT2D eigenvalue weighted by molar-refractivity contribution is 6.31. The number of nitrogens with zero attached hydrogens (tertiary/aromatic N) is 2. The molecule has 1 saturated heterocycles. The van der Waals surface area contributed by atoms with Crippen LogP contribution in [0, 0.1) is 11.7 Å². The Balaban J connectivity index is 1.41. The molecule has 1 aromatic carbocycles. The molecule has 1 amide bonds. The summed E-state index contributed by atoms with van der Waals surface area (Å²) in [7, 11) is 0. The summed E-state index contributed by atoms with van der Waals surface area (Å²) in [6.07, 6.45) is 3.52. The average Bonchev–Trinajstić information content (AvgIpc) is 2.97. The number of aromatic nitrogens is 2. The molecular formula is C17H18ClFN4O. The number of amides is 1. The molecule has 126 valence electrons. The van der Waals surface area contributed by atoms with Crippen molar-refractivity contribution in [1.82, 2.24) is 15.1 Å². The van der Waals surface area contributed by atoms with Gasteiger partial charge in [-0.1, -0.05) is 17.7 Å². The predicted octanol–water partition coefficient (Wildman–Crippen LogP) is 2.95. The van der Waals surface area contributed by atoms with Gasteiger partial charge in [-0.15, -0.1) is 0 Å². The number of rotatable bonds is 4. The van der Waals surface area contributed by atoms with Crippen molar-refractivity contribution in [2.75, 3.05) is 18.4 Å². The van der Waals surface area contributed by atoms with Gasteiger partial charge >= 0.3 is 0 Å². The van der Waals surface area contributed by atoms with Gasteiger partial charge < -0.3 is 10.6 Å². The zero-order valence-corrected chi connectivity index (χ0v) is 13.8. The number of hydrogen-bond donors (Lipinski definition) is 2. The van der Waals surface area contributed by atoms with Crippen LogP contribution in [0.4, 0.5) is 10.2 Å². The van der Waals surface area contributed by atoms with Crippen LogP contribution < -0.4 is 10.6 Å². The third-order valence-electron chi connectivity index (χ3n) is 4.77. The van der Waals surface area contributed by atoms with E-state index in [0.29, 0.717) is 28.9 Å². The fraction of sp³-hybridized carbons (Fsp3) is 0.412. The Labute approximate surface area is 144 Å². The van der Waals surface area contributed by atoms with Crippen molar-refractivity contribution in [1.29, 1.82) is 0 Å². The Kier molecular flexibility index (Phi) is 4.02. The molecule has 24 heavy (non-hydrogen) atoms. The molecule has 2 aliphatic rings. The number of carbonyl (C=O) groups is 1. The van der Waals surface area contributed by atoms with E-state index in [1.165, 1.54) is 6.07 Å². The molecule has 3 atom stereocenters. The van der Waals surface area contributed by atoms with E-state index in [1.807, 2.05) is 10.9 Å². The molecule has 2 aromatic rings. The van der Waals surface area contributed by atoms with Crippen molar-refractivity contribution in [2.24, 2.45) is 5.92 Å². The molecular weight excluding hydrogens is 331 g/mol. The summed E-state index contributed by atoms with van der Waals surface area (Å²) >= 11 is 6.08. The molecule has 7 heteroatoms. The molecule has 1 saturated carbocycles. The molecule has 0 spiro atoms. The van der Waals surface area contributed by atoms with Crippen LogP contribution >= 0.6 is 11.6 Å². The first-order valence-electron chi connectivity index (χ1n) is 8.14. The summed E-state index contributed by atoms with van der Waals surface area (Å²) in [4.78, 5) is 12.4. The Hall–Kier alpha value is -1.92. The molecule has 2 heterocycles. The zero-order valence-electron chi connectivity index (χ0n) is 13.0. The molecule has 0 radical (unpaired) electrons. The van der Waals surface area contributed by atoms with Crippen LogP contribution in [-0.4, -0.2) is 28.8 Å². The highest BCUT2D eigenvalue weighted by atomic mass is 35.5. The minimum absolute atomic E-state index is 0.130. The summed E-state index contributed by atoms with van der Waals surface area (Å²) in [5, 5.41) is 10.9. The largest absolute Gasteiger partial charge is 0.315 e. The van der Waals surface area contributed by atoms with Gasteiger partial charge in [0, 0.05) is 41.2 Å². The van der Waals surface area contributed by atoms with E-state index in [2.05, 4.69) is 15.7 Å². The van der Waals surface area contributed by atoms with Gasteiger partial charge in [0.1, 0.15) is 5.82 Å². The molecule has 1 aliphatic heterocycles. The number of carbonyl (C=O) groups excluding carboxylic acids is 1. The van der Waals surface area contributed by atoms with Gasteiger partial charge in [0.15, 0.2) is 5.82 Å². The lowest BCUT2D eigenvalue weighted by Gasteiger charge is -2.08. The molecule has 2 N–H and O–H groups in total. The maximum absolute atomic E-state index is 13.9. The van der Waals surface area contributed by atoms with Gasteiger partial charge in [-0.3, -0.25) is 9.48 Å². The summed E-state index contributed by atoms with van der Waals surface area (Å²) in [6, 6.07) is 6.74. The molecule has 1 aromatic heterocycles. The fourth-order valence-electron chi connectivity index (χ4n) is 3.36. The van der Waals surface area contributed by atoms with E-state index in [0.717, 1.165) is 19.5 Å². The lowest BCUT2D eigenvalue weighted by molar-refractivity contribution is -0.117. The Morgan fingerprint density at radius 1 is 1.42 bits per heavy atom. The van der Waals surface area contributed by atoms with Gasteiger partial charge in [0.05, 0.1) is 6.04 Å². The van der Waals surface area contributed by atoms with Crippen LogP contribution in [0.1, 0.15) is 30.4 Å². The SMILES string of the molecule is O=C(Nc1ccn(C2CCNC2)n1)[C@@H]1C[C@H]1c1c(F)cccc1Cl. The third-order valence-corrected chi connectivity index (χ3v) is 5.10. The van der Waals surface area contributed by atoms with Gasteiger partial charge in [-0.05, 0) is 31.5 Å². The van der Waals surface area contributed by atoms with Crippen LogP contribution in [-0.2, 0) is 4.79 Å². The van der Waals surface area contributed by atoms with Crippen molar-refractivity contribution in [3.8, 4) is 0 Å². The fourth-order valence-corrected chi connectivity index (χ4v) is 3.66. The van der Waals surface area contributed by atoms with Crippen molar-refractivity contribution < 1.29 is 9.18 Å². The topological polar surface area (TPSA) is 59.0 Å². The Morgan fingerprint density at radius 3 is 3.04 bits per heavy atom. The number of anilines is 1. The number of hydrogen-bond acceptors (Lipinski definition) is 3. The lowest BCUT2D eigenvalue weighted by Crippen LogP contribution is -2.17. The highest BCUT2D eigenvalue weighted by Gasteiger charge is 2.46. The smallest absolute Gasteiger partial charge is 0.229 e. The lowest BCUT2D eigenvalue weighted by atomic mass is 10.1. The van der Waals surface area contributed by atoms with Crippen molar-refractivity contribution in [3.63, 3.8) is 0 Å². The van der Waals surface area contributed by atoms with E-state index >= 15 is 0 Å². The Morgan fingerprint density at radius 2 is 2.29 bits per heavy atom. The summed E-state index contributed by atoms with van der Waals surface area (Å²) < 4.78 is 15.8. The molecule has 4 rings (SSSR count). The second-order valence-corrected chi connectivity index (χ2v) is 6.81. The third kappa shape index (κ3) is 2.91. The second kappa shape index (κ2) is 6.18. The standard InChI is InChI=1S/C17H18ClFN4O/c18-13-2-1-3-14(19)16(13)11-8-12(11)17(24)21-15-5-7-23(22-15)10-4-6-20-9-10/h1-3,5,7,10-12,20H,4,6,8-9H2,(H,21,22,24)/t10?,11-,12-/m1/s1. The first-order chi connectivity index (χ1) is 11.6. The Bertz CT molecular complexity index is 751. The molecule has 1 unspecified atom stereocenters. The van der Waals surface area contributed by atoms with E-state index in [-0.39, 0.29) is 23.6 Å². The summed E-state index contributed by atoms with van der Waals surface area (Å²) in [6.45, 7) is 1.88. The van der Waals surface area contributed by atoms with Crippen molar-refractivity contribution in [3.05, 3.63) is 46.9 Å². The van der Waals surface area contributed by atoms with Gasteiger partial charge in [0.2, 0.25) is 5.91 Å². The summed E-state index contributed by atoms with van der Waals surface area (Å²) in [5.74, 6) is -0.343. The quantitative estimate of drug-likeness (QED) is 0.893. The average molecular weight is 349 g/mol. The van der Waals surface area contributed by atoms with E-state index in [4.69, 9.17) is 11.6 Å². The second-order valence-electron chi connectivity index (χ2n) is 6.40. The maximum atomic E-state index is 13.9. The molecule has 1 aliphatic carbocycles. The number of benzene rings is 1. The van der Waals surface area contributed by atoms with Crippen LogP contribution in [0.5, 0.6) is 0 Å². The zero-order chi connectivity index (χ0) is 16.7. The van der Waals surface area contributed by atoms with Crippen LogP contribution in [0.25, 0.3) is 0 Å². The van der Waals surface area contributed by atoms with Crippen LogP contribution in [0.15, 0.2) is 30.5 Å². The first kappa shape index (κ1) is 15.6. The van der Waals surface area contributed by atoms with Gasteiger partial charge in [-0.25, -0.2) is 4.39 Å². The van der Waals surface area contributed by atoms with Crippen LogP contribution in [0.2, 0.25) is 5.02 Å². The van der Waals surface area contributed by atoms with E-state index in [1.54, 1.807) is 18.2 Å². The molecule has 2 fully saturated rings. The number of nitrogens with one attached hydrogen (secondary N) is 2. The van der Waals surface area contributed by atoms with Crippen molar-refractivity contribution in [2.45, 2.75) is 24.8 Å². The summed E-state index contributed by atoms with van der Waals surface area (Å²) in [5.41, 5.74) is 0.446. The van der Waals surface area contributed by atoms with E-state index in [9.17, 15) is 9.18 Å². The molecule has 0 bridgehead atoms. The predicted molar refractivity (Wildman–Crippen MR) is 89.6 cm³/mol.